The van der Waals surface area contributed by atoms with Gasteiger partial charge in [0.2, 0.25) is 0 Å². The van der Waals surface area contributed by atoms with Gasteiger partial charge in [-0.2, -0.15) is 0 Å². The van der Waals surface area contributed by atoms with Gasteiger partial charge in [0, 0.05) is 42.8 Å². The summed E-state index contributed by atoms with van der Waals surface area (Å²) in [5, 5.41) is 10.5. The van der Waals surface area contributed by atoms with Crippen molar-refractivity contribution in [2.24, 2.45) is 0 Å². The van der Waals surface area contributed by atoms with Crippen LogP contribution in [0.1, 0.15) is 45.8 Å². The average molecular weight is 466 g/mol. The lowest BCUT2D eigenvalue weighted by Gasteiger charge is -2.16. The molecule has 0 atom stereocenters. The molecule has 1 aliphatic heterocycles. The fraction of sp³-hybridized carbons (Fsp3) is 0.333. The third-order valence-electron chi connectivity index (χ3n) is 5.57. The molecule has 0 bridgehead atoms. The zero-order chi connectivity index (χ0) is 23.2. The smallest absolute Gasteiger partial charge is 0.321 e. The number of carbonyl (C=O) groups excluding carboxylic acids is 2. The van der Waals surface area contributed by atoms with E-state index in [-0.39, 0.29) is 11.9 Å². The fourth-order valence-electron chi connectivity index (χ4n) is 3.69. The van der Waals surface area contributed by atoms with Gasteiger partial charge in [-0.25, -0.2) is 9.78 Å². The maximum atomic E-state index is 12.9. The molecular weight excluding hydrogens is 438 g/mol. The van der Waals surface area contributed by atoms with Gasteiger partial charge in [-0.1, -0.05) is 17.3 Å². The first-order chi connectivity index (χ1) is 16.0. The molecule has 2 aromatic heterocycles. The Labute approximate surface area is 197 Å². The third-order valence-corrected chi connectivity index (χ3v) is 6.61. The Hall–Kier alpha value is -3.33. The quantitative estimate of drug-likeness (QED) is 0.497. The number of nitrogens with zero attached hydrogens (tertiary/aromatic N) is 3. The number of benzene rings is 1. The van der Waals surface area contributed by atoms with Crippen LogP contribution in [0.5, 0.6) is 0 Å². The Balaban J connectivity index is 1.36. The Kier molecular flexibility index (Phi) is 7.29. The second kappa shape index (κ2) is 10.5. The normalized spacial score (nSPS) is 13.2. The number of aromatic nitrogens is 2. The summed E-state index contributed by atoms with van der Waals surface area (Å²) in [4.78, 5) is 31.4. The summed E-state index contributed by atoms with van der Waals surface area (Å²) in [6, 6.07) is 11.0. The molecule has 0 saturated carbocycles. The fourth-order valence-corrected chi connectivity index (χ4v) is 4.83. The summed E-state index contributed by atoms with van der Waals surface area (Å²) in [6.45, 7) is 5.71. The topological polar surface area (TPSA) is 100 Å². The number of pyridine rings is 1. The van der Waals surface area contributed by atoms with Gasteiger partial charge in [0.05, 0.1) is 11.3 Å². The van der Waals surface area contributed by atoms with Crippen molar-refractivity contribution < 1.29 is 14.1 Å². The molecule has 0 radical (unpaired) electrons. The van der Waals surface area contributed by atoms with E-state index in [1.807, 2.05) is 43.0 Å². The lowest BCUT2D eigenvalue weighted by atomic mass is 10.2. The highest BCUT2D eigenvalue weighted by Crippen LogP contribution is 2.27. The number of likely N-dealkylation sites (tertiary alicyclic amines) is 1. The van der Waals surface area contributed by atoms with Crippen molar-refractivity contribution in [3.05, 3.63) is 70.7 Å². The summed E-state index contributed by atoms with van der Waals surface area (Å²) in [7, 11) is 0. The van der Waals surface area contributed by atoms with Gasteiger partial charge >= 0.3 is 6.03 Å². The minimum atomic E-state index is -0.198. The van der Waals surface area contributed by atoms with Gasteiger partial charge in [0.1, 0.15) is 10.8 Å². The maximum absolute atomic E-state index is 12.9. The second-order valence-corrected chi connectivity index (χ2v) is 8.92. The van der Waals surface area contributed by atoms with Crippen LogP contribution >= 0.6 is 11.8 Å². The van der Waals surface area contributed by atoms with E-state index >= 15 is 0 Å². The van der Waals surface area contributed by atoms with Crippen LogP contribution in [0.3, 0.4) is 0 Å². The average Bonchev–Trinajstić information content (AvgIpc) is 3.47. The molecule has 1 aromatic carbocycles. The van der Waals surface area contributed by atoms with Gasteiger partial charge in [0.15, 0.2) is 0 Å². The van der Waals surface area contributed by atoms with Crippen molar-refractivity contribution in [3.63, 3.8) is 0 Å². The van der Waals surface area contributed by atoms with Crippen molar-refractivity contribution in [1.82, 2.24) is 20.4 Å². The van der Waals surface area contributed by atoms with Gasteiger partial charge < -0.3 is 20.1 Å². The molecular formula is C24H27N5O3S. The predicted octanol–water partition coefficient (Wildman–Crippen LogP) is 4.54. The third kappa shape index (κ3) is 5.73. The molecule has 33 heavy (non-hydrogen) atoms. The molecule has 3 aromatic rings. The highest BCUT2D eigenvalue weighted by Gasteiger charge is 2.18. The van der Waals surface area contributed by atoms with E-state index in [9.17, 15) is 9.59 Å². The molecule has 3 heterocycles. The molecule has 8 nitrogen and oxygen atoms in total. The first-order valence-corrected chi connectivity index (χ1v) is 11.9. The van der Waals surface area contributed by atoms with Crippen molar-refractivity contribution >= 4 is 29.4 Å². The number of nitrogens with one attached hydrogen (secondary N) is 2. The van der Waals surface area contributed by atoms with E-state index in [1.54, 1.807) is 18.3 Å². The van der Waals surface area contributed by atoms with E-state index in [0.717, 1.165) is 54.2 Å². The van der Waals surface area contributed by atoms with Crippen molar-refractivity contribution in [1.29, 1.82) is 0 Å². The van der Waals surface area contributed by atoms with E-state index in [2.05, 4.69) is 20.8 Å². The van der Waals surface area contributed by atoms with Crippen LogP contribution < -0.4 is 10.6 Å². The largest absolute Gasteiger partial charge is 0.361 e. The number of carbonyl (C=O) groups is 2. The van der Waals surface area contributed by atoms with Crippen LogP contribution in [0.25, 0.3) is 0 Å². The monoisotopic (exact) mass is 465 g/mol. The lowest BCUT2D eigenvalue weighted by molar-refractivity contribution is 0.0947. The van der Waals surface area contributed by atoms with Gasteiger partial charge in [-0.15, -0.1) is 11.8 Å². The van der Waals surface area contributed by atoms with Gasteiger partial charge in [-0.05, 0) is 56.5 Å². The predicted molar refractivity (Wildman–Crippen MR) is 127 cm³/mol. The number of hydrogen-bond donors (Lipinski definition) is 2. The lowest BCUT2D eigenvalue weighted by Crippen LogP contribution is -2.32. The number of rotatable bonds is 7. The Bertz CT molecular complexity index is 1120. The summed E-state index contributed by atoms with van der Waals surface area (Å²) in [5.41, 5.74) is 4.00. The Morgan fingerprint density at radius 2 is 1.97 bits per heavy atom. The van der Waals surface area contributed by atoms with E-state index in [4.69, 9.17) is 4.52 Å². The van der Waals surface area contributed by atoms with Crippen molar-refractivity contribution in [2.75, 3.05) is 18.4 Å². The van der Waals surface area contributed by atoms with Gasteiger partial charge in [0.25, 0.3) is 5.91 Å². The van der Waals surface area contributed by atoms with Crippen LogP contribution in [0.2, 0.25) is 0 Å². The molecule has 0 spiro atoms. The van der Waals surface area contributed by atoms with E-state index in [0.29, 0.717) is 22.9 Å². The summed E-state index contributed by atoms with van der Waals surface area (Å²) >= 11 is 1.48. The van der Waals surface area contributed by atoms with Crippen molar-refractivity contribution in [2.45, 2.75) is 44.0 Å². The molecule has 172 valence electrons. The second-order valence-electron chi connectivity index (χ2n) is 7.95. The SMILES string of the molecule is Cc1noc(C)c1CSc1ncccc1C(=O)NCc1cccc(NC(=O)N2CCCC2)c1. The van der Waals surface area contributed by atoms with Crippen LogP contribution in [0, 0.1) is 13.8 Å². The van der Waals surface area contributed by atoms with Gasteiger partial charge in [-0.3, -0.25) is 4.79 Å². The summed E-state index contributed by atoms with van der Waals surface area (Å²) in [6.07, 6.45) is 3.78. The standard InChI is InChI=1S/C24H27N5O3S/c1-16-21(17(2)32-28-16)15-33-23-20(9-6-10-25-23)22(30)26-14-18-7-5-8-19(13-18)27-24(31)29-11-3-4-12-29/h5-10,13H,3-4,11-12,14-15H2,1-2H3,(H,26,30)(H,27,31). The van der Waals surface area contributed by atoms with Crippen LogP contribution in [-0.4, -0.2) is 40.1 Å². The van der Waals surface area contributed by atoms with E-state index < -0.39 is 0 Å². The van der Waals surface area contributed by atoms with E-state index in [1.165, 1.54) is 11.8 Å². The van der Waals surface area contributed by atoms with Crippen LogP contribution in [0.4, 0.5) is 10.5 Å². The Morgan fingerprint density at radius 3 is 2.73 bits per heavy atom. The number of aryl methyl sites for hydroxylation is 2. The molecule has 4 rings (SSSR count). The molecule has 0 aliphatic carbocycles. The molecule has 9 heteroatoms. The number of amides is 3. The number of urea groups is 1. The molecule has 3 amide bonds. The number of anilines is 1. The summed E-state index contributed by atoms with van der Waals surface area (Å²) < 4.78 is 5.22. The number of thioether (sulfide) groups is 1. The zero-order valence-corrected chi connectivity index (χ0v) is 19.6. The Morgan fingerprint density at radius 1 is 1.15 bits per heavy atom. The first kappa shape index (κ1) is 22.8. The highest BCUT2D eigenvalue weighted by atomic mass is 32.2. The molecule has 2 N–H and O–H groups in total. The number of hydrogen-bond acceptors (Lipinski definition) is 6. The molecule has 1 fully saturated rings. The first-order valence-electron chi connectivity index (χ1n) is 10.9. The summed E-state index contributed by atoms with van der Waals surface area (Å²) in [5.74, 6) is 1.20. The minimum absolute atomic E-state index is 0.0796. The highest BCUT2D eigenvalue weighted by molar-refractivity contribution is 7.98. The molecule has 1 aliphatic rings. The van der Waals surface area contributed by atoms with Crippen LogP contribution in [-0.2, 0) is 12.3 Å². The molecule has 0 unspecified atom stereocenters. The maximum Gasteiger partial charge on any atom is 0.321 e. The van der Waals surface area contributed by atoms with Crippen LogP contribution in [0.15, 0.2) is 52.1 Å². The minimum Gasteiger partial charge on any atom is -0.361 e. The van der Waals surface area contributed by atoms with Crippen molar-refractivity contribution in [3.8, 4) is 0 Å². The molecule has 1 saturated heterocycles. The zero-order valence-electron chi connectivity index (χ0n) is 18.8.